The molecule has 0 radical (unpaired) electrons. The third-order valence-corrected chi connectivity index (χ3v) is 8.60. The number of rotatable bonds is 8. The lowest BCUT2D eigenvalue weighted by Gasteiger charge is -2.30. The molecule has 5 rings (SSSR count). The standard InChI is InChI=1S/C30H32FN5O4S/c1-19(20-11-13-24(31)14-12-20)33-28(37)22-16-23(18-25(17-22)36(2)41(3,38)39)29-34-35-30(40-29)27-26(10-7-15-32-27)21-8-5-4-6-9-21/h4-6,8-9,11-14,16-19,26-27,32H,7,10,15H2,1-3H3,(H,33,37)/t19-,26+,27+/m1/s1. The van der Waals surface area contributed by atoms with Gasteiger partial charge in [-0.15, -0.1) is 10.2 Å². The maximum atomic E-state index is 13.4. The number of anilines is 1. The topological polar surface area (TPSA) is 117 Å². The van der Waals surface area contributed by atoms with E-state index in [-0.39, 0.29) is 34.9 Å². The molecule has 2 N–H and O–H groups in total. The molecule has 9 nitrogen and oxygen atoms in total. The third-order valence-electron chi connectivity index (χ3n) is 7.40. The first-order chi connectivity index (χ1) is 19.6. The van der Waals surface area contributed by atoms with Gasteiger partial charge >= 0.3 is 0 Å². The fourth-order valence-corrected chi connectivity index (χ4v) is 5.53. The lowest BCUT2D eigenvalue weighted by molar-refractivity contribution is 0.0940. The first kappa shape index (κ1) is 28.4. The van der Waals surface area contributed by atoms with Crippen LogP contribution in [0.4, 0.5) is 10.1 Å². The molecule has 11 heteroatoms. The summed E-state index contributed by atoms with van der Waals surface area (Å²) in [5.41, 5.74) is 2.78. The van der Waals surface area contributed by atoms with Crippen molar-refractivity contribution >= 4 is 21.6 Å². The summed E-state index contributed by atoms with van der Waals surface area (Å²) in [5.74, 6) is -0.0688. The Kier molecular flexibility index (Phi) is 8.18. The smallest absolute Gasteiger partial charge is 0.251 e. The molecule has 1 saturated heterocycles. The minimum Gasteiger partial charge on any atom is -0.419 e. The Bertz CT molecular complexity index is 1630. The predicted octanol–water partition coefficient (Wildman–Crippen LogP) is 4.97. The van der Waals surface area contributed by atoms with E-state index in [4.69, 9.17) is 4.42 Å². The zero-order valence-electron chi connectivity index (χ0n) is 23.0. The summed E-state index contributed by atoms with van der Waals surface area (Å²) in [6, 6.07) is 20.1. The highest BCUT2D eigenvalue weighted by atomic mass is 32.2. The molecule has 0 saturated carbocycles. The number of hydrogen-bond donors (Lipinski definition) is 2. The number of nitrogens with one attached hydrogen (secondary N) is 2. The van der Waals surface area contributed by atoms with Crippen molar-refractivity contribution < 1.29 is 22.0 Å². The van der Waals surface area contributed by atoms with Crippen molar-refractivity contribution in [1.82, 2.24) is 20.8 Å². The summed E-state index contributed by atoms with van der Waals surface area (Å²) in [6.45, 7) is 2.60. The van der Waals surface area contributed by atoms with Crippen LogP contribution in [0.25, 0.3) is 11.5 Å². The second kappa shape index (κ2) is 11.8. The summed E-state index contributed by atoms with van der Waals surface area (Å²) >= 11 is 0. The summed E-state index contributed by atoms with van der Waals surface area (Å²) in [6.07, 6.45) is 3.07. The Hall–Kier alpha value is -4.09. The zero-order valence-corrected chi connectivity index (χ0v) is 23.9. The molecular formula is C30H32FN5O4S. The van der Waals surface area contributed by atoms with Gasteiger partial charge in [-0.1, -0.05) is 42.5 Å². The highest BCUT2D eigenvalue weighted by Gasteiger charge is 2.32. The molecule has 4 aromatic rings. The Morgan fingerprint density at radius 1 is 1.10 bits per heavy atom. The number of nitrogens with zero attached hydrogens (tertiary/aromatic N) is 3. The van der Waals surface area contributed by atoms with Gasteiger partial charge < -0.3 is 15.1 Å². The number of sulfonamides is 1. The van der Waals surface area contributed by atoms with E-state index < -0.39 is 22.0 Å². The zero-order chi connectivity index (χ0) is 29.1. The fourth-order valence-electron chi connectivity index (χ4n) is 5.04. The van der Waals surface area contributed by atoms with E-state index in [1.54, 1.807) is 31.2 Å². The van der Waals surface area contributed by atoms with E-state index in [0.717, 1.165) is 35.5 Å². The third kappa shape index (κ3) is 6.47. The Morgan fingerprint density at radius 2 is 1.83 bits per heavy atom. The van der Waals surface area contributed by atoms with E-state index in [2.05, 4.69) is 33.0 Å². The number of hydrogen-bond acceptors (Lipinski definition) is 7. The molecule has 41 heavy (non-hydrogen) atoms. The average molecular weight is 578 g/mol. The second-order valence-electron chi connectivity index (χ2n) is 10.3. The first-order valence-electron chi connectivity index (χ1n) is 13.4. The van der Waals surface area contributed by atoms with E-state index in [0.29, 0.717) is 11.5 Å². The number of halogens is 1. The van der Waals surface area contributed by atoms with Crippen molar-refractivity contribution in [2.45, 2.75) is 37.8 Å². The van der Waals surface area contributed by atoms with Gasteiger partial charge in [0.05, 0.1) is 24.0 Å². The van der Waals surface area contributed by atoms with Crippen molar-refractivity contribution in [2.75, 3.05) is 24.2 Å². The molecule has 0 bridgehead atoms. The highest BCUT2D eigenvalue weighted by molar-refractivity contribution is 7.92. The van der Waals surface area contributed by atoms with Crippen LogP contribution in [-0.4, -0.2) is 44.4 Å². The van der Waals surface area contributed by atoms with Crippen molar-refractivity contribution in [1.29, 1.82) is 0 Å². The maximum Gasteiger partial charge on any atom is 0.251 e. The molecule has 2 heterocycles. The van der Waals surface area contributed by atoms with Crippen molar-refractivity contribution in [2.24, 2.45) is 0 Å². The van der Waals surface area contributed by atoms with Gasteiger partial charge in [0.25, 0.3) is 5.91 Å². The van der Waals surface area contributed by atoms with Gasteiger partial charge in [0.15, 0.2) is 0 Å². The molecule has 3 aromatic carbocycles. The number of benzene rings is 3. The second-order valence-corrected chi connectivity index (χ2v) is 12.3. The van der Waals surface area contributed by atoms with Crippen LogP contribution in [0.3, 0.4) is 0 Å². The van der Waals surface area contributed by atoms with Crippen molar-refractivity contribution in [3.8, 4) is 11.5 Å². The van der Waals surface area contributed by atoms with Crippen LogP contribution < -0.4 is 14.9 Å². The molecule has 1 aliphatic rings. The maximum absolute atomic E-state index is 13.4. The van der Waals surface area contributed by atoms with Gasteiger partial charge in [0.1, 0.15) is 5.82 Å². The molecular weight excluding hydrogens is 545 g/mol. The van der Waals surface area contributed by atoms with Gasteiger partial charge in [0.2, 0.25) is 21.8 Å². The lowest BCUT2D eigenvalue weighted by Crippen LogP contribution is -2.33. The molecule has 3 atom stereocenters. The monoisotopic (exact) mass is 577 g/mol. The van der Waals surface area contributed by atoms with E-state index in [1.807, 2.05) is 18.2 Å². The Balaban J connectivity index is 1.47. The SMILES string of the molecule is C[C@@H](NC(=O)c1cc(-c2nnc([C@H]3NCCC[C@H]3c3ccccc3)o2)cc(N(C)S(C)(=O)=O)c1)c1ccc(F)cc1. The minimum atomic E-state index is -3.63. The van der Waals surface area contributed by atoms with Crippen molar-refractivity contribution in [3.05, 3.63) is 101 Å². The van der Waals surface area contributed by atoms with Gasteiger partial charge in [-0.3, -0.25) is 9.10 Å². The van der Waals surface area contributed by atoms with Crippen LogP contribution in [0.2, 0.25) is 0 Å². The number of amides is 1. The van der Waals surface area contributed by atoms with Gasteiger partial charge in [-0.25, -0.2) is 12.8 Å². The Labute approximate surface area is 238 Å². The normalized spacial score (nSPS) is 18.0. The Morgan fingerprint density at radius 3 is 2.54 bits per heavy atom. The van der Waals surface area contributed by atoms with E-state index >= 15 is 0 Å². The van der Waals surface area contributed by atoms with Crippen molar-refractivity contribution in [3.63, 3.8) is 0 Å². The summed E-state index contributed by atoms with van der Waals surface area (Å²) in [7, 11) is -2.22. The molecule has 0 aliphatic carbocycles. The largest absolute Gasteiger partial charge is 0.419 e. The number of piperidine rings is 1. The summed E-state index contributed by atoms with van der Waals surface area (Å²) in [5, 5.41) is 15.0. The van der Waals surface area contributed by atoms with Gasteiger partial charge in [-0.05, 0) is 67.8 Å². The average Bonchev–Trinajstić information content (AvgIpc) is 3.47. The van der Waals surface area contributed by atoms with Crippen LogP contribution >= 0.6 is 0 Å². The first-order valence-corrected chi connectivity index (χ1v) is 15.2. The minimum absolute atomic E-state index is 0.148. The molecule has 1 fully saturated rings. The predicted molar refractivity (Wildman–Crippen MR) is 154 cm³/mol. The van der Waals surface area contributed by atoms with Crippen LogP contribution in [0.1, 0.15) is 65.1 Å². The molecule has 1 aromatic heterocycles. The van der Waals surface area contributed by atoms with Crippen LogP contribution in [-0.2, 0) is 10.0 Å². The summed E-state index contributed by atoms with van der Waals surface area (Å²) in [4.78, 5) is 13.3. The number of carbonyl (C=O) groups excluding carboxylic acids is 1. The van der Waals surface area contributed by atoms with Crippen LogP contribution in [0.5, 0.6) is 0 Å². The molecule has 214 valence electrons. The lowest BCUT2D eigenvalue weighted by atomic mass is 9.85. The van der Waals surface area contributed by atoms with Gasteiger partial charge in [-0.2, -0.15) is 0 Å². The molecule has 0 unspecified atom stereocenters. The quantitative estimate of drug-likeness (QED) is 0.304. The molecule has 1 aliphatic heterocycles. The van der Waals surface area contributed by atoms with Gasteiger partial charge in [0, 0.05) is 24.1 Å². The molecule has 0 spiro atoms. The highest BCUT2D eigenvalue weighted by Crippen LogP contribution is 2.38. The number of aromatic nitrogens is 2. The van der Waals surface area contributed by atoms with Crippen LogP contribution in [0.15, 0.2) is 77.2 Å². The van der Waals surface area contributed by atoms with E-state index in [9.17, 15) is 17.6 Å². The van der Waals surface area contributed by atoms with Crippen LogP contribution in [0, 0.1) is 5.82 Å². The van der Waals surface area contributed by atoms with E-state index in [1.165, 1.54) is 30.8 Å². The molecule has 1 amide bonds. The number of carbonyl (C=O) groups is 1. The fraction of sp³-hybridized carbons (Fsp3) is 0.300. The summed E-state index contributed by atoms with van der Waals surface area (Å²) < 4.78 is 45.3.